The number of allylic oxidation sites excluding steroid dienone is 1. The van der Waals surface area contributed by atoms with Gasteiger partial charge in [0.1, 0.15) is 16.8 Å². The zero-order valence-electron chi connectivity index (χ0n) is 15.3. The molecule has 0 spiro atoms. The van der Waals surface area contributed by atoms with Gasteiger partial charge in [-0.15, -0.1) is 11.3 Å². The van der Waals surface area contributed by atoms with E-state index >= 15 is 0 Å². The van der Waals surface area contributed by atoms with Crippen molar-refractivity contribution < 1.29 is 14.4 Å². The molecular formula is C20H17N3O4S. The summed E-state index contributed by atoms with van der Waals surface area (Å²) in [5.41, 5.74) is 1.35. The van der Waals surface area contributed by atoms with Gasteiger partial charge in [0.2, 0.25) is 5.75 Å². The topological polar surface area (TPSA) is 98.3 Å². The molecule has 0 amide bonds. The first kappa shape index (κ1) is 19.3. The minimum Gasteiger partial charge on any atom is -0.493 e. The average Bonchev–Trinajstić information content (AvgIpc) is 3.11. The summed E-state index contributed by atoms with van der Waals surface area (Å²) in [5.74, 6) is 0.539. The molecule has 0 saturated carbocycles. The molecule has 0 radical (unpaired) electrons. The van der Waals surface area contributed by atoms with Crippen LogP contribution in [0.2, 0.25) is 0 Å². The Morgan fingerprint density at radius 2 is 1.96 bits per heavy atom. The van der Waals surface area contributed by atoms with E-state index in [4.69, 9.17) is 9.47 Å². The summed E-state index contributed by atoms with van der Waals surface area (Å²) in [5, 5.41) is 21.6. The van der Waals surface area contributed by atoms with Crippen molar-refractivity contribution in [2.75, 3.05) is 13.2 Å². The second-order valence-corrected chi connectivity index (χ2v) is 6.67. The van der Waals surface area contributed by atoms with Gasteiger partial charge in [-0.1, -0.05) is 12.1 Å². The van der Waals surface area contributed by atoms with Gasteiger partial charge in [0.05, 0.1) is 33.9 Å². The van der Waals surface area contributed by atoms with E-state index < -0.39 is 4.92 Å². The molecule has 0 unspecified atom stereocenters. The summed E-state index contributed by atoms with van der Waals surface area (Å²) in [4.78, 5) is 15.4. The van der Waals surface area contributed by atoms with E-state index in [1.165, 1.54) is 23.5 Å². The van der Waals surface area contributed by atoms with Crippen LogP contribution in [0.3, 0.4) is 0 Å². The first-order chi connectivity index (χ1) is 13.6. The highest BCUT2D eigenvalue weighted by molar-refractivity contribution is 7.19. The highest BCUT2D eigenvalue weighted by atomic mass is 32.1. The number of para-hydroxylation sites is 1. The molecule has 0 saturated heterocycles. The van der Waals surface area contributed by atoms with Crippen molar-refractivity contribution in [1.82, 2.24) is 4.98 Å². The number of hydrogen-bond donors (Lipinski definition) is 0. The number of fused-ring (bicyclic) bond motifs is 1. The molecule has 28 heavy (non-hydrogen) atoms. The summed E-state index contributed by atoms with van der Waals surface area (Å²) in [7, 11) is 0. The van der Waals surface area contributed by atoms with Crippen LogP contribution in [-0.2, 0) is 0 Å². The monoisotopic (exact) mass is 395 g/mol. The van der Waals surface area contributed by atoms with Crippen molar-refractivity contribution >= 4 is 38.9 Å². The number of benzene rings is 2. The predicted molar refractivity (Wildman–Crippen MR) is 109 cm³/mol. The molecule has 8 heteroatoms. The maximum atomic E-state index is 11.4. The van der Waals surface area contributed by atoms with Crippen LogP contribution in [0.5, 0.6) is 11.5 Å². The normalized spacial score (nSPS) is 11.2. The van der Waals surface area contributed by atoms with Crippen LogP contribution in [0.25, 0.3) is 21.9 Å². The molecule has 142 valence electrons. The van der Waals surface area contributed by atoms with Crippen molar-refractivity contribution in [3.05, 3.63) is 57.1 Å². The summed E-state index contributed by atoms with van der Waals surface area (Å²) in [6.45, 7) is 4.22. The molecule has 0 N–H and O–H groups in total. The van der Waals surface area contributed by atoms with Crippen LogP contribution in [0.4, 0.5) is 5.69 Å². The fourth-order valence-corrected chi connectivity index (χ4v) is 3.59. The van der Waals surface area contributed by atoms with Gasteiger partial charge in [-0.2, -0.15) is 5.26 Å². The van der Waals surface area contributed by atoms with E-state index in [2.05, 4.69) is 11.1 Å². The van der Waals surface area contributed by atoms with E-state index in [0.717, 1.165) is 10.2 Å². The molecule has 2 aromatic carbocycles. The van der Waals surface area contributed by atoms with Gasteiger partial charge in [-0.05, 0) is 32.1 Å². The zero-order valence-corrected chi connectivity index (χ0v) is 16.2. The summed E-state index contributed by atoms with van der Waals surface area (Å²) in [6.07, 6.45) is 1.56. The van der Waals surface area contributed by atoms with Crippen LogP contribution in [-0.4, -0.2) is 23.1 Å². The van der Waals surface area contributed by atoms with Gasteiger partial charge in [0, 0.05) is 17.7 Å². The number of nitro groups is 1. The van der Waals surface area contributed by atoms with Gasteiger partial charge in [0.25, 0.3) is 0 Å². The predicted octanol–water partition coefficient (Wildman–Crippen LogP) is 5.07. The van der Waals surface area contributed by atoms with Gasteiger partial charge < -0.3 is 9.47 Å². The highest BCUT2D eigenvalue weighted by Crippen LogP contribution is 2.37. The summed E-state index contributed by atoms with van der Waals surface area (Å²) < 4.78 is 12.0. The van der Waals surface area contributed by atoms with Gasteiger partial charge in [0.15, 0.2) is 0 Å². The second-order valence-electron chi connectivity index (χ2n) is 5.64. The number of nitro benzene ring substituents is 1. The lowest BCUT2D eigenvalue weighted by atomic mass is 10.1. The minimum atomic E-state index is -0.512. The Morgan fingerprint density at radius 1 is 1.25 bits per heavy atom. The Kier molecular flexibility index (Phi) is 5.87. The Labute approximate surface area is 165 Å². The third kappa shape index (κ3) is 3.94. The fraction of sp³-hybridized carbons (Fsp3) is 0.200. The number of rotatable bonds is 7. The van der Waals surface area contributed by atoms with E-state index in [1.54, 1.807) is 13.0 Å². The molecule has 1 heterocycles. The van der Waals surface area contributed by atoms with Crippen molar-refractivity contribution in [3.63, 3.8) is 0 Å². The Balaban J connectivity index is 2.14. The molecule has 3 rings (SSSR count). The van der Waals surface area contributed by atoms with Gasteiger partial charge in [-0.3, -0.25) is 10.1 Å². The van der Waals surface area contributed by atoms with Crippen LogP contribution < -0.4 is 9.47 Å². The first-order valence-electron chi connectivity index (χ1n) is 8.63. The van der Waals surface area contributed by atoms with Gasteiger partial charge in [-0.25, -0.2) is 4.98 Å². The quantitative estimate of drug-likeness (QED) is 0.315. The molecule has 0 atom stereocenters. The lowest BCUT2D eigenvalue weighted by Crippen LogP contribution is -2.01. The zero-order chi connectivity index (χ0) is 20.1. The SMILES string of the molecule is CCOc1cc(OCC)c([N+](=O)[O-])cc1/C=C(/C#N)c1nc2ccccc2s1. The number of nitriles is 1. The Bertz CT molecular complexity index is 1070. The molecule has 0 aliphatic heterocycles. The van der Waals surface area contributed by atoms with E-state index in [1.807, 2.05) is 31.2 Å². The van der Waals surface area contributed by atoms with E-state index in [9.17, 15) is 15.4 Å². The number of nitrogens with zero attached hydrogens (tertiary/aromatic N) is 3. The largest absolute Gasteiger partial charge is 0.493 e. The van der Waals surface area contributed by atoms with Gasteiger partial charge >= 0.3 is 5.69 Å². The van der Waals surface area contributed by atoms with Crippen molar-refractivity contribution in [1.29, 1.82) is 5.26 Å². The lowest BCUT2D eigenvalue weighted by Gasteiger charge is -2.11. The smallest absolute Gasteiger partial charge is 0.311 e. The molecule has 0 bridgehead atoms. The van der Waals surface area contributed by atoms with Crippen LogP contribution in [0, 0.1) is 21.4 Å². The van der Waals surface area contributed by atoms with Crippen LogP contribution in [0.1, 0.15) is 24.4 Å². The molecule has 0 aliphatic rings. The van der Waals surface area contributed by atoms with Crippen LogP contribution in [0.15, 0.2) is 36.4 Å². The van der Waals surface area contributed by atoms with E-state index in [0.29, 0.717) is 28.5 Å². The highest BCUT2D eigenvalue weighted by Gasteiger charge is 2.20. The maximum Gasteiger partial charge on any atom is 0.311 e. The Morgan fingerprint density at radius 3 is 2.61 bits per heavy atom. The lowest BCUT2D eigenvalue weighted by molar-refractivity contribution is -0.385. The molecule has 0 aliphatic carbocycles. The third-order valence-electron chi connectivity index (χ3n) is 3.83. The van der Waals surface area contributed by atoms with E-state index in [-0.39, 0.29) is 18.0 Å². The minimum absolute atomic E-state index is 0.131. The number of hydrogen-bond acceptors (Lipinski definition) is 7. The number of ether oxygens (including phenoxy) is 2. The Hall–Kier alpha value is -3.44. The second kappa shape index (κ2) is 8.50. The average molecular weight is 395 g/mol. The first-order valence-corrected chi connectivity index (χ1v) is 9.44. The molecule has 1 aromatic heterocycles. The molecule has 3 aromatic rings. The molecule has 7 nitrogen and oxygen atoms in total. The van der Waals surface area contributed by atoms with Crippen molar-refractivity contribution in [2.24, 2.45) is 0 Å². The summed E-state index contributed by atoms with van der Waals surface area (Å²) >= 11 is 1.39. The number of thiazole rings is 1. The van der Waals surface area contributed by atoms with Crippen molar-refractivity contribution in [2.45, 2.75) is 13.8 Å². The fourth-order valence-electron chi connectivity index (χ4n) is 2.66. The maximum absolute atomic E-state index is 11.4. The third-order valence-corrected chi connectivity index (χ3v) is 4.90. The standard InChI is InChI=1S/C20H17N3O4S/c1-3-26-17-11-18(27-4-2)16(23(24)25)10-13(17)9-14(12-21)20-22-15-7-5-6-8-19(15)28-20/h5-11H,3-4H2,1-2H3/b14-9-. The molecular weight excluding hydrogens is 378 g/mol. The summed E-state index contributed by atoms with van der Waals surface area (Å²) in [6, 6.07) is 12.6. The van der Waals surface area contributed by atoms with Crippen LogP contribution >= 0.6 is 11.3 Å². The molecule has 0 fully saturated rings. The van der Waals surface area contributed by atoms with Crippen molar-refractivity contribution in [3.8, 4) is 17.6 Å². The number of aromatic nitrogens is 1.